The maximum atomic E-state index is 13.0. The lowest BCUT2D eigenvalue weighted by Crippen LogP contribution is -2.27. The molecule has 130 valence electrons. The van der Waals surface area contributed by atoms with Crippen LogP contribution in [-0.2, 0) is 11.3 Å². The highest BCUT2D eigenvalue weighted by Gasteiger charge is 2.26. The van der Waals surface area contributed by atoms with Crippen molar-refractivity contribution in [1.82, 2.24) is 9.55 Å². The fourth-order valence-electron chi connectivity index (χ4n) is 3.11. The molecule has 3 rings (SSSR count). The van der Waals surface area contributed by atoms with E-state index in [-0.39, 0.29) is 10.8 Å². The maximum absolute atomic E-state index is 13.0. The van der Waals surface area contributed by atoms with Crippen LogP contribution in [0.25, 0.3) is 10.2 Å². The molecule has 0 spiro atoms. The molecule has 24 heavy (non-hydrogen) atoms. The standard InChI is InChI=1S/C18H24N2O2S2/c1-4-5-10-20-17(22)15-11(2)12(3)23-16(15)19-18(20)24-14-9-7-6-8-13(14)21/h14H,4-10H2,1-3H3. The summed E-state index contributed by atoms with van der Waals surface area (Å²) >= 11 is 3.08. The number of aryl methyl sites for hydroxylation is 2. The second-order valence-electron chi connectivity index (χ2n) is 6.49. The smallest absolute Gasteiger partial charge is 0.263 e. The van der Waals surface area contributed by atoms with Gasteiger partial charge in [0.25, 0.3) is 5.56 Å². The number of unbranched alkanes of at least 4 members (excludes halogenated alkanes) is 1. The molecule has 0 aliphatic heterocycles. The average Bonchev–Trinajstić information content (AvgIpc) is 2.84. The number of ketones is 1. The summed E-state index contributed by atoms with van der Waals surface area (Å²) in [5.41, 5.74) is 1.10. The van der Waals surface area contributed by atoms with Gasteiger partial charge in [-0.05, 0) is 38.7 Å². The summed E-state index contributed by atoms with van der Waals surface area (Å²) < 4.78 is 1.80. The lowest BCUT2D eigenvalue weighted by Gasteiger charge is -2.21. The molecule has 6 heteroatoms. The third-order valence-corrected chi connectivity index (χ3v) is 7.14. The van der Waals surface area contributed by atoms with Gasteiger partial charge >= 0.3 is 0 Å². The molecule has 0 bridgehead atoms. The van der Waals surface area contributed by atoms with Crippen LogP contribution in [0.15, 0.2) is 9.95 Å². The Kier molecular flexibility index (Phi) is 5.45. The Morgan fingerprint density at radius 1 is 1.29 bits per heavy atom. The van der Waals surface area contributed by atoms with Gasteiger partial charge in [-0.1, -0.05) is 31.5 Å². The fourth-order valence-corrected chi connectivity index (χ4v) is 5.43. The summed E-state index contributed by atoms with van der Waals surface area (Å²) in [4.78, 5) is 32.0. The molecule has 1 aliphatic rings. The van der Waals surface area contributed by atoms with E-state index < -0.39 is 0 Å². The highest BCUT2D eigenvalue weighted by molar-refractivity contribution is 8.00. The van der Waals surface area contributed by atoms with Crippen molar-refractivity contribution in [2.45, 2.75) is 76.2 Å². The zero-order chi connectivity index (χ0) is 17.3. The maximum Gasteiger partial charge on any atom is 0.263 e. The number of rotatable bonds is 5. The number of thioether (sulfide) groups is 1. The van der Waals surface area contributed by atoms with Crippen molar-refractivity contribution in [2.75, 3.05) is 0 Å². The molecule has 1 unspecified atom stereocenters. The third kappa shape index (κ3) is 3.31. The molecular weight excluding hydrogens is 340 g/mol. The summed E-state index contributed by atoms with van der Waals surface area (Å²) in [6.45, 7) is 6.83. The van der Waals surface area contributed by atoms with E-state index in [9.17, 15) is 9.59 Å². The summed E-state index contributed by atoms with van der Waals surface area (Å²) in [5.74, 6) is 0.307. The number of carbonyl (C=O) groups excluding carboxylic acids is 1. The molecule has 1 saturated carbocycles. The van der Waals surface area contributed by atoms with Gasteiger partial charge in [0.2, 0.25) is 0 Å². The Morgan fingerprint density at radius 3 is 2.79 bits per heavy atom. The minimum atomic E-state index is -0.0434. The summed E-state index contributed by atoms with van der Waals surface area (Å²) in [6.07, 6.45) is 5.61. The van der Waals surface area contributed by atoms with Crippen molar-refractivity contribution in [2.24, 2.45) is 0 Å². The van der Waals surface area contributed by atoms with Crippen LogP contribution in [0.5, 0.6) is 0 Å². The number of fused-ring (bicyclic) bond motifs is 1. The molecule has 1 aliphatic carbocycles. The summed E-state index contributed by atoms with van der Waals surface area (Å²) in [5, 5.41) is 1.44. The molecule has 1 atom stereocenters. The Labute approximate surface area is 150 Å². The summed E-state index contributed by atoms with van der Waals surface area (Å²) in [7, 11) is 0. The van der Waals surface area contributed by atoms with Crippen LogP contribution in [0.1, 0.15) is 55.9 Å². The largest absolute Gasteiger partial charge is 0.298 e. The van der Waals surface area contributed by atoms with Gasteiger partial charge in [-0.2, -0.15) is 0 Å². The molecule has 0 saturated heterocycles. The summed E-state index contributed by atoms with van der Waals surface area (Å²) in [6, 6.07) is 0. The van der Waals surface area contributed by atoms with Crippen molar-refractivity contribution in [3.63, 3.8) is 0 Å². The highest BCUT2D eigenvalue weighted by Crippen LogP contribution is 2.33. The van der Waals surface area contributed by atoms with Gasteiger partial charge in [0.1, 0.15) is 10.6 Å². The van der Waals surface area contributed by atoms with Crippen molar-refractivity contribution in [3.05, 3.63) is 20.8 Å². The van der Waals surface area contributed by atoms with E-state index in [0.717, 1.165) is 57.9 Å². The van der Waals surface area contributed by atoms with Crippen molar-refractivity contribution < 1.29 is 4.79 Å². The van der Waals surface area contributed by atoms with Crippen LogP contribution >= 0.6 is 23.1 Å². The molecule has 0 aromatic carbocycles. The SMILES string of the molecule is CCCCn1c(SC2CCCCC2=O)nc2sc(C)c(C)c2c1=O. The second-order valence-corrected chi connectivity index (χ2v) is 8.86. The number of Topliss-reactive ketones (excluding diaryl/α,β-unsaturated/α-hetero) is 1. The van der Waals surface area contributed by atoms with E-state index in [1.165, 1.54) is 11.8 Å². The Morgan fingerprint density at radius 2 is 2.08 bits per heavy atom. The van der Waals surface area contributed by atoms with Crippen molar-refractivity contribution >= 4 is 39.1 Å². The third-order valence-electron chi connectivity index (χ3n) is 4.74. The van der Waals surface area contributed by atoms with Gasteiger partial charge < -0.3 is 0 Å². The van der Waals surface area contributed by atoms with Gasteiger partial charge in [-0.25, -0.2) is 4.98 Å². The average molecular weight is 365 g/mol. The Hall–Kier alpha value is -1.14. The lowest BCUT2D eigenvalue weighted by atomic mass is 9.99. The number of thiophene rings is 1. The quantitative estimate of drug-likeness (QED) is 0.734. The molecule has 2 aromatic rings. The number of carbonyl (C=O) groups is 1. The zero-order valence-electron chi connectivity index (χ0n) is 14.6. The molecule has 0 N–H and O–H groups in total. The molecule has 2 heterocycles. The minimum Gasteiger partial charge on any atom is -0.298 e. The predicted octanol–water partition coefficient (Wildman–Crippen LogP) is 4.48. The zero-order valence-corrected chi connectivity index (χ0v) is 16.2. The van der Waals surface area contributed by atoms with Crippen LogP contribution in [0.4, 0.5) is 0 Å². The predicted molar refractivity (Wildman–Crippen MR) is 101 cm³/mol. The van der Waals surface area contributed by atoms with Gasteiger partial charge in [-0.3, -0.25) is 14.2 Å². The first kappa shape index (κ1) is 17.7. The number of hydrogen-bond acceptors (Lipinski definition) is 5. The van der Waals surface area contributed by atoms with Gasteiger partial charge in [0, 0.05) is 17.8 Å². The first-order valence-electron chi connectivity index (χ1n) is 8.72. The highest BCUT2D eigenvalue weighted by atomic mass is 32.2. The fraction of sp³-hybridized carbons (Fsp3) is 0.611. The molecular formula is C18H24N2O2S2. The first-order chi connectivity index (χ1) is 11.5. The molecule has 0 amide bonds. The topological polar surface area (TPSA) is 52.0 Å². The van der Waals surface area contributed by atoms with E-state index in [1.807, 2.05) is 13.8 Å². The van der Waals surface area contributed by atoms with Crippen LogP contribution in [0.3, 0.4) is 0 Å². The van der Waals surface area contributed by atoms with E-state index in [2.05, 4.69) is 6.92 Å². The van der Waals surface area contributed by atoms with Crippen LogP contribution in [-0.4, -0.2) is 20.6 Å². The minimum absolute atomic E-state index is 0.0434. The normalized spacial score (nSPS) is 18.5. The van der Waals surface area contributed by atoms with E-state index in [1.54, 1.807) is 15.9 Å². The lowest BCUT2D eigenvalue weighted by molar-refractivity contribution is -0.119. The second kappa shape index (κ2) is 7.40. The Balaban J connectivity index is 2.07. The van der Waals surface area contributed by atoms with E-state index in [4.69, 9.17) is 4.98 Å². The molecule has 1 fully saturated rings. The van der Waals surface area contributed by atoms with Gasteiger partial charge in [-0.15, -0.1) is 11.3 Å². The van der Waals surface area contributed by atoms with Gasteiger partial charge in [0.05, 0.1) is 10.6 Å². The molecule has 4 nitrogen and oxygen atoms in total. The number of hydrogen-bond donors (Lipinski definition) is 0. The van der Waals surface area contributed by atoms with Crippen molar-refractivity contribution in [3.8, 4) is 0 Å². The van der Waals surface area contributed by atoms with Crippen LogP contribution in [0.2, 0.25) is 0 Å². The number of aromatic nitrogens is 2. The molecule has 2 aromatic heterocycles. The van der Waals surface area contributed by atoms with Crippen LogP contribution < -0.4 is 5.56 Å². The van der Waals surface area contributed by atoms with Crippen molar-refractivity contribution in [1.29, 1.82) is 0 Å². The monoisotopic (exact) mass is 364 g/mol. The van der Waals surface area contributed by atoms with Crippen LogP contribution in [0, 0.1) is 13.8 Å². The number of nitrogens with zero attached hydrogens (tertiary/aromatic N) is 2. The Bertz CT molecular complexity index is 823. The first-order valence-corrected chi connectivity index (χ1v) is 10.4. The van der Waals surface area contributed by atoms with Gasteiger partial charge in [0.15, 0.2) is 5.16 Å². The molecule has 0 radical (unpaired) electrons. The van der Waals surface area contributed by atoms with E-state index in [0.29, 0.717) is 18.7 Å². The van der Waals surface area contributed by atoms with E-state index >= 15 is 0 Å².